The summed E-state index contributed by atoms with van der Waals surface area (Å²) in [6, 6.07) is 26.6. The molecule has 0 spiro atoms. The van der Waals surface area contributed by atoms with E-state index < -0.39 is 6.03 Å². The number of hydrogen-bond acceptors (Lipinski definition) is 12. The number of amides is 2. The van der Waals surface area contributed by atoms with Crippen molar-refractivity contribution in [2.24, 2.45) is 0 Å². The van der Waals surface area contributed by atoms with Crippen molar-refractivity contribution in [3.05, 3.63) is 125 Å². The molecule has 0 saturated heterocycles. The number of nitrogen functional groups attached to an aromatic ring is 1. The van der Waals surface area contributed by atoms with Gasteiger partial charge >= 0.3 is 6.03 Å². The summed E-state index contributed by atoms with van der Waals surface area (Å²) >= 11 is 12.5. The number of hydrogen-bond donors (Lipinski definition) is 3. The van der Waals surface area contributed by atoms with Gasteiger partial charge in [-0.2, -0.15) is 0 Å². The fourth-order valence-corrected chi connectivity index (χ4v) is 6.38. The third-order valence-corrected chi connectivity index (χ3v) is 9.94. The molecule has 4 N–H and O–H groups in total. The van der Waals surface area contributed by atoms with E-state index >= 15 is 0 Å². The van der Waals surface area contributed by atoms with Crippen LogP contribution in [0.5, 0.6) is 34.8 Å². The number of carbonyl (C=O) groups is 1. The highest BCUT2D eigenvalue weighted by molar-refractivity contribution is 6.34. The first kappa shape index (κ1) is 41.0. The zero-order chi connectivity index (χ0) is 42.5. The van der Waals surface area contributed by atoms with Crippen molar-refractivity contribution in [1.29, 1.82) is 0 Å². The van der Waals surface area contributed by atoms with Gasteiger partial charge in [-0.25, -0.2) is 29.7 Å². The number of benzene rings is 5. The van der Waals surface area contributed by atoms with Crippen molar-refractivity contribution in [2.75, 3.05) is 49.6 Å². The Morgan fingerprint density at radius 3 is 1.92 bits per heavy atom. The lowest BCUT2D eigenvalue weighted by Crippen LogP contribution is -2.19. The van der Waals surface area contributed by atoms with Gasteiger partial charge < -0.3 is 40.2 Å². The number of anilines is 4. The number of aryl methyl sites for hydroxylation is 2. The number of fused-ring (bicyclic) bond motifs is 3. The number of nitrogens with zero attached hydrogens (tertiary/aromatic N) is 6. The third-order valence-electron chi connectivity index (χ3n) is 9.30. The van der Waals surface area contributed by atoms with Gasteiger partial charge in [0.05, 0.1) is 63.0 Å². The fourth-order valence-electron chi connectivity index (χ4n) is 6.00. The molecule has 0 aliphatic heterocycles. The summed E-state index contributed by atoms with van der Waals surface area (Å²) in [5.41, 5.74) is 11.9. The lowest BCUT2D eigenvalue weighted by atomic mass is 10.1. The maximum absolute atomic E-state index is 12.7. The Balaban J connectivity index is 0.000000218. The molecular formula is C44H39Cl2N9O5. The van der Waals surface area contributed by atoms with Crippen molar-refractivity contribution < 1.29 is 23.7 Å². The van der Waals surface area contributed by atoms with Gasteiger partial charge in [-0.1, -0.05) is 23.2 Å². The number of nitrogens with two attached hydrogens (primary N) is 1. The number of aromatic nitrogens is 5. The predicted octanol–water partition coefficient (Wildman–Crippen LogP) is 10.6. The lowest BCUT2D eigenvalue weighted by molar-refractivity contribution is 0.262. The number of nitrogens with one attached hydrogen (secondary N) is 2. The molecule has 0 aliphatic carbocycles. The van der Waals surface area contributed by atoms with E-state index in [1.54, 1.807) is 68.8 Å². The van der Waals surface area contributed by atoms with Gasteiger partial charge in [0.2, 0.25) is 11.8 Å². The topological polar surface area (TPSA) is 172 Å². The minimum atomic E-state index is -0.439. The SMILES string of the molecule is COc1cc2ncnc(Oc3ccc(NC(=O)Nc4ccc5nc(N(C)C)ccc5c4)c(Cl)c3)c2cc1OC.Cc1cc2ncnc(Oc3ccc(N)c(Cl)c3)c2cc1C. The largest absolute Gasteiger partial charge is 0.493 e. The van der Waals surface area contributed by atoms with Crippen LogP contribution in [-0.4, -0.2) is 59.3 Å². The number of methoxy groups -OCH3 is 2. The van der Waals surface area contributed by atoms with Gasteiger partial charge in [0.1, 0.15) is 30.0 Å². The Morgan fingerprint density at radius 1 is 0.650 bits per heavy atom. The average Bonchev–Trinajstić information content (AvgIpc) is 3.23. The van der Waals surface area contributed by atoms with Gasteiger partial charge in [0.25, 0.3) is 0 Å². The molecule has 0 unspecified atom stereocenters. The molecule has 0 atom stereocenters. The number of pyridine rings is 1. The molecule has 16 heteroatoms. The van der Waals surface area contributed by atoms with Gasteiger partial charge in [0.15, 0.2) is 11.5 Å². The Morgan fingerprint density at radius 2 is 1.27 bits per heavy atom. The van der Waals surface area contributed by atoms with E-state index in [1.165, 1.54) is 18.2 Å². The Kier molecular flexibility index (Phi) is 12.1. The first-order valence-corrected chi connectivity index (χ1v) is 19.1. The van der Waals surface area contributed by atoms with E-state index in [0.29, 0.717) is 72.8 Å². The van der Waals surface area contributed by atoms with Crippen LogP contribution in [0.1, 0.15) is 11.1 Å². The molecule has 3 aromatic heterocycles. The summed E-state index contributed by atoms with van der Waals surface area (Å²) in [5.74, 6) is 3.77. The maximum atomic E-state index is 12.7. The second-order valence-corrected chi connectivity index (χ2v) is 14.4. The number of halogens is 2. The molecule has 0 bridgehead atoms. The average molecular weight is 845 g/mol. The monoisotopic (exact) mass is 843 g/mol. The fraction of sp³-hybridized carbons (Fsp3) is 0.136. The van der Waals surface area contributed by atoms with Crippen molar-refractivity contribution in [1.82, 2.24) is 24.9 Å². The van der Waals surface area contributed by atoms with E-state index in [1.807, 2.05) is 62.3 Å². The van der Waals surface area contributed by atoms with Gasteiger partial charge in [-0.15, -0.1) is 0 Å². The highest BCUT2D eigenvalue weighted by Crippen LogP contribution is 2.37. The van der Waals surface area contributed by atoms with E-state index in [-0.39, 0.29) is 0 Å². The quantitative estimate of drug-likeness (QED) is 0.118. The molecule has 8 rings (SSSR count). The zero-order valence-electron chi connectivity index (χ0n) is 33.4. The Labute approximate surface area is 355 Å². The molecule has 8 aromatic rings. The molecule has 5 aromatic carbocycles. The van der Waals surface area contributed by atoms with E-state index in [4.69, 9.17) is 47.9 Å². The van der Waals surface area contributed by atoms with Crippen LogP contribution in [0.15, 0.2) is 104 Å². The first-order valence-electron chi connectivity index (χ1n) is 18.3. The Hall–Kier alpha value is -7.16. The molecule has 0 aliphatic rings. The number of carbonyl (C=O) groups excluding carboxylic acids is 1. The van der Waals surface area contributed by atoms with Crippen molar-refractivity contribution in [2.45, 2.75) is 13.8 Å². The standard InChI is InChI=1S/C28H25ClN6O4.C16H14ClN3O/c1-35(2)26-10-5-16-11-17(6-8-21(16)33-26)32-28(36)34-22-9-7-18(12-20(22)29)39-27-19-13-24(37-3)25(38-4)14-23(19)30-15-31-27;1-9-5-12-15(6-10(9)2)19-8-20-16(12)21-11-3-4-14(18)13(17)7-11/h5-15H,1-4H3,(H2,32,34,36);3-8H,18H2,1-2H3. The molecule has 60 heavy (non-hydrogen) atoms. The first-order chi connectivity index (χ1) is 28.9. The normalized spacial score (nSPS) is 10.8. The highest BCUT2D eigenvalue weighted by Gasteiger charge is 2.15. The number of rotatable bonds is 9. The van der Waals surface area contributed by atoms with Crippen LogP contribution in [0.4, 0.5) is 27.7 Å². The number of ether oxygens (including phenoxy) is 4. The molecule has 3 heterocycles. The van der Waals surface area contributed by atoms with Crippen LogP contribution >= 0.6 is 23.2 Å². The van der Waals surface area contributed by atoms with E-state index in [9.17, 15) is 4.79 Å². The van der Waals surface area contributed by atoms with Crippen molar-refractivity contribution >= 4 is 84.8 Å². The van der Waals surface area contributed by atoms with Crippen LogP contribution < -0.4 is 40.2 Å². The molecular weight excluding hydrogens is 805 g/mol. The summed E-state index contributed by atoms with van der Waals surface area (Å²) < 4.78 is 22.6. The van der Waals surface area contributed by atoms with Crippen LogP contribution in [-0.2, 0) is 0 Å². The molecule has 2 amide bonds. The second-order valence-electron chi connectivity index (χ2n) is 13.6. The van der Waals surface area contributed by atoms with Gasteiger partial charge in [0, 0.05) is 43.4 Å². The third kappa shape index (κ3) is 9.25. The van der Waals surface area contributed by atoms with Gasteiger partial charge in [-0.3, -0.25) is 0 Å². The van der Waals surface area contributed by atoms with Crippen LogP contribution in [0.3, 0.4) is 0 Å². The number of urea groups is 1. The van der Waals surface area contributed by atoms with Gasteiger partial charge in [-0.05, 0) is 97.8 Å². The molecule has 14 nitrogen and oxygen atoms in total. The summed E-state index contributed by atoms with van der Waals surface area (Å²) in [7, 11) is 6.98. The van der Waals surface area contributed by atoms with Crippen LogP contribution in [0.25, 0.3) is 32.7 Å². The van der Waals surface area contributed by atoms with E-state index in [2.05, 4.69) is 42.5 Å². The summed E-state index contributed by atoms with van der Waals surface area (Å²) in [5, 5.41) is 8.75. The highest BCUT2D eigenvalue weighted by atomic mass is 35.5. The minimum absolute atomic E-state index is 0.291. The molecule has 0 radical (unpaired) electrons. The molecule has 304 valence electrons. The minimum Gasteiger partial charge on any atom is -0.493 e. The van der Waals surface area contributed by atoms with Crippen molar-refractivity contribution in [3.8, 4) is 34.8 Å². The smallest absolute Gasteiger partial charge is 0.323 e. The Bertz CT molecular complexity index is 2900. The molecule has 0 fully saturated rings. The second kappa shape index (κ2) is 17.8. The summed E-state index contributed by atoms with van der Waals surface area (Å²) in [6.07, 6.45) is 2.89. The maximum Gasteiger partial charge on any atom is 0.323 e. The summed E-state index contributed by atoms with van der Waals surface area (Å²) in [4.78, 5) is 36.2. The summed E-state index contributed by atoms with van der Waals surface area (Å²) in [6.45, 7) is 4.10. The van der Waals surface area contributed by atoms with Crippen LogP contribution in [0.2, 0.25) is 10.0 Å². The van der Waals surface area contributed by atoms with E-state index in [0.717, 1.165) is 33.2 Å². The van der Waals surface area contributed by atoms with Crippen LogP contribution in [0, 0.1) is 13.8 Å². The zero-order valence-corrected chi connectivity index (χ0v) is 34.9. The predicted molar refractivity (Wildman–Crippen MR) is 238 cm³/mol. The molecule has 0 saturated carbocycles. The lowest BCUT2D eigenvalue weighted by Gasteiger charge is -2.13. The van der Waals surface area contributed by atoms with Crippen molar-refractivity contribution in [3.63, 3.8) is 0 Å².